The molecule has 2 aliphatic rings. The minimum absolute atomic E-state index is 0.0857. The first-order chi connectivity index (χ1) is 23.8. The molecule has 0 spiro atoms. The highest BCUT2D eigenvalue weighted by atomic mass is 16.6. The Morgan fingerprint density at radius 2 is 1.46 bits per heavy atom. The van der Waals surface area contributed by atoms with E-state index in [4.69, 9.17) is 14.2 Å². The molecule has 0 bridgehead atoms. The zero-order valence-electron chi connectivity index (χ0n) is 27.0. The first kappa shape index (κ1) is 35.9. The Labute approximate surface area is 286 Å². The number of benzene rings is 3. The molecule has 2 fully saturated rings. The van der Waals surface area contributed by atoms with Gasteiger partial charge in [0.05, 0.1) is 0 Å². The molecule has 13 nitrogen and oxygen atoms in total. The van der Waals surface area contributed by atoms with Crippen LogP contribution in [0.4, 0.5) is 0 Å². The van der Waals surface area contributed by atoms with Crippen LogP contribution in [0, 0.1) is 5.92 Å². The zero-order chi connectivity index (χ0) is 36.2. The maximum absolute atomic E-state index is 13.5. The second kappa shape index (κ2) is 14.6. The maximum Gasteiger partial charge on any atom is 0.336 e. The number of esters is 2. The number of carboxylic acid groups (broad SMARTS) is 1. The minimum Gasteiger partial charge on any atom is -0.504 e. The van der Waals surface area contributed by atoms with Crippen molar-refractivity contribution in [1.82, 2.24) is 0 Å². The quantitative estimate of drug-likeness (QED) is 0.0924. The number of aliphatic hydroxyl groups is 2. The van der Waals surface area contributed by atoms with Crippen molar-refractivity contribution in [2.45, 2.75) is 62.1 Å². The number of aliphatic hydroxyl groups excluding tert-OH is 1. The Bertz CT molecular complexity index is 1820. The lowest BCUT2D eigenvalue weighted by Crippen LogP contribution is -2.76. The van der Waals surface area contributed by atoms with E-state index in [0.29, 0.717) is 23.1 Å². The van der Waals surface area contributed by atoms with Crippen molar-refractivity contribution in [3.8, 4) is 23.0 Å². The van der Waals surface area contributed by atoms with Crippen molar-refractivity contribution < 1.29 is 64.3 Å². The lowest BCUT2D eigenvalue weighted by atomic mass is 9.60. The Morgan fingerprint density at radius 3 is 2.04 bits per heavy atom. The van der Waals surface area contributed by atoms with E-state index in [0.717, 1.165) is 17.7 Å². The van der Waals surface area contributed by atoms with E-state index in [1.54, 1.807) is 12.1 Å². The summed E-state index contributed by atoms with van der Waals surface area (Å²) in [5.41, 5.74) is -2.69. The highest BCUT2D eigenvalue weighted by Gasteiger charge is 2.70. The summed E-state index contributed by atoms with van der Waals surface area (Å²) in [5, 5.41) is 73.0. The van der Waals surface area contributed by atoms with Crippen molar-refractivity contribution in [2.24, 2.45) is 5.92 Å². The molecule has 3 aromatic rings. The van der Waals surface area contributed by atoms with E-state index in [1.165, 1.54) is 48.6 Å². The van der Waals surface area contributed by atoms with Gasteiger partial charge in [-0.05, 0) is 71.5 Å². The van der Waals surface area contributed by atoms with Gasteiger partial charge in [-0.15, -0.1) is 0 Å². The highest BCUT2D eigenvalue weighted by molar-refractivity contribution is 5.89. The molecule has 3 aromatic carbocycles. The summed E-state index contributed by atoms with van der Waals surface area (Å²) in [6, 6.07) is 14.8. The van der Waals surface area contributed by atoms with E-state index in [1.807, 2.05) is 19.1 Å². The number of hydrogen-bond acceptors (Lipinski definition) is 12. The third-order valence-corrected chi connectivity index (χ3v) is 9.22. The molecule has 264 valence electrons. The Kier molecular flexibility index (Phi) is 10.5. The van der Waals surface area contributed by atoms with Gasteiger partial charge in [0.15, 0.2) is 34.7 Å². The van der Waals surface area contributed by atoms with Gasteiger partial charge in [0.2, 0.25) is 5.60 Å². The van der Waals surface area contributed by atoms with Gasteiger partial charge in [0.25, 0.3) is 0 Å². The van der Waals surface area contributed by atoms with Crippen LogP contribution in [0.5, 0.6) is 23.0 Å². The summed E-state index contributed by atoms with van der Waals surface area (Å²) in [4.78, 5) is 39.9. The topological polar surface area (TPSA) is 221 Å². The second-order valence-electron chi connectivity index (χ2n) is 12.4. The Hall–Kier alpha value is -5.37. The van der Waals surface area contributed by atoms with Crippen molar-refractivity contribution in [2.75, 3.05) is 6.61 Å². The number of rotatable bonds is 10. The second-order valence-corrected chi connectivity index (χ2v) is 12.4. The normalized spacial score (nSPS) is 26.4. The third-order valence-electron chi connectivity index (χ3n) is 9.22. The maximum atomic E-state index is 13.5. The summed E-state index contributed by atoms with van der Waals surface area (Å²) in [6.07, 6.45) is -0.562. The number of aromatic hydroxyl groups is 4. The molecule has 7 N–H and O–H groups in total. The number of ether oxygens (including phenoxy) is 3. The van der Waals surface area contributed by atoms with Crippen LogP contribution < -0.4 is 0 Å². The number of fused-ring (bicyclic) bond motifs is 1. The van der Waals surface area contributed by atoms with Crippen LogP contribution in [-0.4, -0.2) is 89.8 Å². The molecule has 13 heteroatoms. The van der Waals surface area contributed by atoms with Crippen molar-refractivity contribution in [3.63, 3.8) is 0 Å². The number of aryl methyl sites for hydroxylation is 1. The molecule has 0 amide bonds. The molecule has 1 saturated heterocycles. The van der Waals surface area contributed by atoms with Crippen molar-refractivity contribution >= 4 is 30.1 Å². The van der Waals surface area contributed by atoms with E-state index in [2.05, 4.69) is 0 Å². The first-order valence-corrected chi connectivity index (χ1v) is 15.9. The molecule has 5 rings (SSSR count). The Morgan fingerprint density at radius 1 is 0.860 bits per heavy atom. The summed E-state index contributed by atoms with van der Waals surface area (Å²) in [6.45, 7) is 1.84. The molecular formula is C37H38O13. The van der Waals surface area contributed by atoms with Crippen LogP contribution in [0.15, 0.2) is 72.8 Å². The third kappa shape index (κ3) is 7.30. The van der Waals surface area contributed by atoms with E-state index < -0.39 is 71.3 Å². The number of carbonyl (C=O) groups is 3. The predicted octanol–water partition coefficient (Wildman–Crippen LogP) is 3.22. The standard InChI is InChI=1S/C37H38O13/c1-2-21-4-3-5-24(16-21)17-25-34(49-32(43)12-8-22-6-10-26(38)28(40)18-22)37(30(42)14-15-48-31(37)20-36(25,47)35(45)46)50-33(44)13-9-23-7-11-27(39)29(41)19-23/h3-13,16,18-19,25,30-31,34,38-42,47H,2,14-15,17,20H2,1H3,(H,45,46)/t25-,30+,31+,34+,36+,37+/m0/s1. The van der Waals surface area contributed by atoms with Gasteiger partial charge < -0.3 is 50.0 Å². The first-order valence-electron chi connectivity index (χ1n) is 15.9. The van der Waals surface area contributed by atoms with E-state index in [-0.39, 0.29) is 30.9 Å². The van der Waals surface area contributed by atoms with Crippen molar-refractivity contribution in [1.29, 1.82) is 0 Å². The number of carbonyl (C=O) groups excluding carboxylic acids is 2. The fourth-order valence-corrected chi connectivity index (χ4v) is 6.59. The van der Waals surface area contributed by atoms with Crippen LogP contribution in [-0.2, 0) is 41.4 Å². The monoisotopic (exact) mass is 690 g/mol. The molecular weight excluding hydrogens is 652 g/mol. The van der Waals surface area contributed by atoms with Crippen LogP contribution in [0.1, 0.15) is 42.0 Å². The molecule has 0 aromatic heterocycles. The minimum atomic E-state index is -2.59. The SMILES string of the molecule is CCc1cccc(C[C@H]2[C@@H](OC(=O)C=Cc3ccc(O)c(O)c3)[C@@]3(OC(=O)C=Cc4ccc(O)c(O)c4)[C@H](O)CCO[C@@H]3C[C@]2(O)C(=O)O)c1. The van der Waals surface area contributed by atoms with Gasteiger partial charge in [0.1, 0.15) is 12.2 Å². The van der Waals surface area contributed by atoms with Crippen molar-refractivity contribution in [3.05, 3.63) is 95.1 Å². The smallest absolute Gasteiger partial charge is 0.336 e. The molecule has 50 heavy (non-hydrogen) atoms. The van der Waals surface area contributed by atoms with Gasteiger partial charge in [-0.3, -0.25) is 0 Å². The summed E-state index contributed by atoms with van der Waals surface area (Å²) < 4.78 is 17.8. The van der Waals surface area contributed by atoms with Crippen LogP contribution in [0.25, 0.3) is 12.2 Å². The number of hydrogen-bond donors (Lipinski definition) is 7. The molecule has 1 aliphatic carbocycles. The summed E-state index contributed by atoms with van der Waals surface area (Å²) in [7, 11) is 0. The molecule has 1 saturated carbocycles. The van der Waals surface area contributed by atoms with E-state index >= 15 is 0 Å². The average Bonchev–Trinajstić information content (AvgIpc) is 3.08. The summed E-state index contributed by atoms with van der Waals surface area (Å²) in [5.74, 6) is -6.87. The molecule has 0 unspecified atom stereocenters. The molecule has 1 heterocycles. The average molecular weight is 691 g/mol. The van der Waals surface area contributed by atoms with Crippen LogP contribution in [0.3, 0.4) is 0 Å². The van der Waals surface area contributed by atoms with Gasteiger partial charge in [-0.25, -0.2) is 14.4 Å². The highest BCUT2D eigenvalue weighted by Crippen LogP contribution is 2.50. The molecule has 1 aliphatic heterocycles. The number of aliphatic carboxylic acids is 1. The fourth-order valence-electron chi connectivity index (χ4n) is 6.59. The molecule has 6 atom stereocenters. The summed E-state index contributed by atoms with van der Waals surface area (Å²) >= 11 is 0. The largest absolute Gasteiger partial charge is 0.504 e. The number of phenolic OH excluding ortho intramolecular Hbond substituents is 4. The lowest BCUT2D eigenvalue weighted by Gasteiger charge is -2.57. The molecule has 0 radical (unpaired) electrons. The fraction of sp³-hybridized carbons (Fsp3) is 0.324. The van der Waals surface area contributed by atoms with Gasteiger partial charge in [0, 0.05) is 37.5 Å². The lowest BCUT2D eigenvalue weighted by molar-refractivity contribution is -0.305. The Balaban J connectivity index is 1.59. The van der Waals surface area contributed by atoms with Crippen LogP contribution in [0.2, 0.25) is 0 Å². The number of phenols is 4. The van der Waals surface area contributed by atoms with Gasteiger partial charge >= 0.3 is 17.9 Å². The number of carboxylic acids is 1. The zero-order valence-corrected chi connectivity index (χ0v) is 27.0. The van der Waals surface area contributed by atoms with E-state index in [9.17, 15) is 50.1 Å². The van der Waals surface area contributed by atoms with Gasteiger partial charge in [-0.1, -0.05) is 43.3 Å². The van der Waals surface area contributed by atoms with Crippen LogP contribution >= 0.6 is 0 Å². The van der Waals surface area contributed by atoms with Gasteiger partial charge in [-0.2, -0.15) is 0 Å². The predicted molar refractivity (Wildman–Crippen MR) is 177 cm³/mol.